The maximum atomic E-state index is 13.9. The Labute approximate surface area is 190 Å². The Kier molecular flexibility index (Phi) is 5.81. The predicted molar refractivity (Wildman–Crippen MR) is 131 cm³/mol. The number of carbonyl (C=O) groups is 1. The summed E-state index contributed by atoms with van der Waals surface area (Å²) in [4.78, 5) is 15.9. The van der Waals surface area contributed by atoms with Crippen LogP contribution in [0.1, 0.15) is 61.0 Å². The summed E-state index contributed by atoms with van der Waals surface area (Å²) in [5.74, 6) is 0. The summed E-state index contributed by atoms with van der Waals surface area (Å²) in [6.07, 6.45) is 5.88. The van der Waals surface area contributed by atoms with Crippen molar-refractivity contribution in [3.05, 3.63) is 107 Å². The first kappa shape index (κ1) is 20.6. The second-order valence-corrected chi connectivity index (χ2v) is 8.74. The molecule has 3 nitrogen and oxygen atoms in total. The molecule has 1 amide bonds. The van der Waals surface area contributed by atoms with Crippen LogP contribution in [0, 0.1) is 0 Å². The maximum Gasteiger partial charge on any atom is 0.330 e. The Balaban J connectivity index is 1.65. The van der Waals surface area contributed by atoms with Gasteiger partial charge in [0.1, 0.15) is 6.04 Å². The second-order valence-electron chi connectivity index (χ2n) is 8.74. The first-order chi connectivity index (χ1) is 15.8. The zero-order valence-corrected chi connectivity index (χ0v) is 18.7. The minimum atomic E-state index is -0.0718. The molecule has 0 saturated heterocycles. The largest absolute Gasteiger partial charge is 0.330 e. The summed E-state index contributed by atoms with van der Waals surface area (Å²) in [6.45, 7) is 2.85. The molecule has 1 unspecified atom stereocenters. The third kappa shape index (κ3) is 3.62. The number of benzene rings is 3. The number of nitrogens with zero attached hydrogens (tertiary/aromatic N) is 2. The van der Waals surface area contributed by atoms with Gasteiger partial charge in [0.2, 0.25) is 0 Å². The van der Waals surface area contributed by atoms with Crippen LogP contribution < -0.4 is 0 Å². The topological polar surface area (TPSA) is 25.2 Å². The molecule has 0 saturated carbocycles. The van der Waals surface area contributed by atoms with Crippen molar-refractivity contribution in [1.29, 1.82) is 0 Å². The fourth-order valence-electron chi connectivity index (χ4n) is 5.11. The molecule has 3 heteroatoms. The number of amides is 1. The van der Waals surface area contributed by atoms with E-state index in [1.165, 1.54) is 35.8 Å². The minimum absolute atomic E-state index is 0.0718. The lowest BCUT2D eigenvalue weighted by Crippen LogP contribution is -2.29. The smallest absolute Gasteiger partial charge is 0.307 e. The average Bonchev–Trinajstić information content (AvgIpc) is 3.30. The van der Waals surface area contributed by atoms with Crippen LogP contribution in [0.3, 0.4) is 0 Å². The average molecular weight is 423 g/mol. The van der Waals surface area contributed by atoms with Crippen LogP contribution in [-0.4, -0.2) is 15.5 Å². The van der Waals surface area contributed by atoms with Crippen LogP contribution in [0.25, 0.3) is 10.9 Å². The molecule has 0 N–H and O–H groups in total. The summed E-state index contributed by atoms with van der Waals surface area (Å²) in [5, 5.41) is 1.23. The van der Waals surface area contributed by atoms with Gasteiger partial charge in [-0.25, -0.2) is 4.79 Å². The standard InChI is InChI=1S/C29H30N2O/c1-2-3-4-11-19-25-24-18-12-13-20-26(24)31-28(25)27(23-16-9-6-10-17-23)30(29(31)32)21-22-14-7-5-8-15-22/h5-10,12-18,20,27H,2-4,11,19,21H2,1H3. The zero-order valence-electron chi connectivity index (χ0n) is 18.7. The Hall–Kier alpha value is -3.33. The first-order valence-corrected chi connectivity index (χ1v) is 11.8. The summed E-state index contributed by atoms with van der Waals surface area (Å²) in [6, 6.07) is 29.3. The SMILES string of the molecule is CCCCCCc1c2n(c3ccccc13)C(=O)N(Cc1ccccc1)C2c1ccccc1. The van der Waals surface area contributed by atoms with Gasteiger partial charge in [0.15, 0.2) is 0 Å². The van der Waals surface area contributed by atoms with Gasteiger partial charge in [0.25, 0.3) is 0 Å². The van der Waals surface area contributed by atoms with Crippen molar-refractivity contribution in [2.75, 3.05) is 0 Å². The molecule has 32 heavy (non-hydrogen) atoms. The zero-order chi connectivity index (χ0) is 21.9. The van der Waals surface area contributed by atoms with Crippen molar-refractivity contribution in [3.8, 4) is 0 Å². The molecule has 1 aliphatic rings. The monoisotopic (exact) mass is 422 g/mol. The van der Waals surface area contributed by atoms with E-state index in [4.69, 9.17) is 0 Å². The normalized spacial score (nSPS) is 15.5. The van der Waals surface area contributed by atoms with Gasteiger partial charge in [-0.1, -0.05) is 105 Å². The van der Waals surface area contributed by atoms with E-state index in [2.05, 4.69) is 61.5 Å². The van der Waals surface area contributed by atoms with Crippen molar-refractivity contribution in [2.24, 2.45) is 0 Å². The van der Waals surface area contributed by atoms with Gasteiger partial charge >= 0.3 is 6.03 Å². The molecule has 3 aromatic carbocycles. The number of aromatic nitrogens is 1. The number of rotatable bonds is 8. The van der Waals surface area contributed by atoms with E-state index in [-0.39, 0.29) is 12.1 Å². The lowest BCUT2D eigenvalue weighted by molar-refractivity contribution is 0.199. The van der Waals surface area contributed by atoms with Crippen LogP contribution in [0.2, 0.25) is 0 Å². The molecule has 1 aromatic heterocycles. The molecular weight excluding hydrogens is 392 g/mol. The molecule has 4 aromatic rings. The van der Waals surface area contributed by atoms with Gasteiger partial charge in [-0.05, 0) is 35.6 Å². The van der Waals surface area contributed by atoms with Crippen molar-refractivity contribution in [3.63, 3.8) is 0 Å². The summed E-state index contributed by atoms with van der Waals surface area (Å²) >= 11 is 0. The molecule has 1 aliphatic heterocycles. The highest BCUT2D eigenvalue weighted by Gasteiger charge is 2.41. The summed E-state index contributed by atoms with van der Waals surface area (Å²) in [5.41, 5.74) is 5.87. The van der Waals surface area contributed by atoms with Gasteiger partial charge in [0, 0.05) is 11.9 Å². The summed E-state index contributed by atoms with van der Waals surface area (Å²) < 4.78 is 1.99. The fraction of sp³-hybridized carbons (Fsp3) is 0.276. The highest BCUT2D eigenvalue weighted by atomic mass is 16.2. The number of unbranched alkanes of at least 4 members (excludes halogenated alkanes) is 3. The van der Waals surface area contributed by atoms with E-state index >= 15 is 0 Å². The van der Waals surface area contributed by atoms with Gasteiger partial charge in [-0.15, -0.1) is 0 Å². The molecule has 2 heterocycles. The minimum Gasteiger partial charge on any atom is -0.307 e. The molecule has 0 radical (unpaired) electrons. The third-order valence-corrected chi connectivity index (χ3v) is 6.62. The number of hydrogen-bond acceptors (Lipinski definition) is 1. The van der Waals surface area contributed by atoms with Crippen molar-refractivity contribution >= 4 is 16.9 Å². The molecule has 1 atom stereocenters. The molecule has 0 spiro atoms. The number of aryl methyl sites for hydroxylation is 1. The molecule has 0 aliphatic carbocycles. The second kappa shape index (κ2) is 9.04. The van der Waals surface area contributed by atoms with Gasteiger partial charge < -0.3 is 4.90 Å². The van der Waals surface area contributed by atoms with Gasteiger partial charge in [-0.3, -0.25) is 4.57 Å². The quantitative estimate of drug-likeness (QED) is 0.273. The first-order valence-electron chi connectivity index (χ1n) is 11.8. The lowest BCUT2D eigenvalue weighted by Gasteiger charge is -2.25. The van der Waals surface area contributed by atoms with Crippen molar-refractivity contribution < 1.29 is 4.79 Å². The number of para-hydroxylation sites is 1. The number of carbonyl (C=O) groups excluding carboxylic acids is 1. The van der Waals surface area contributed by atoms with Gasteiger partial charge in [-0.2, -0.15) is 0 Å². The predicted octanol–water partition coefficient (Wildman–Crippen LogP) is 7.34. The Morgan fingerprint density at radius 1 is 0.781 bits per heavy atom. The van der Waals surface area contributed by atoms with E-state index in [1.54, 1.807) is 0 Å². The Morgan fingerprint density at radius 3 is 2.22 bits per heavy atom. The highest BCUT2D eigenvalue weighted by molar-refractivity contribution is 5.98. The molecule has 162 valence electrons. The molecule has 0 bridgehead atoms. The highest BCUT2D eigenvalue weighted by Crippen LogP contribution is 2.43. The molecule has 5 rings (SSSR count). The molecule has 0 fully saturated rings. The molecular formula is C29H30N2O. The fourth-order valence-corrected chi connectivity index (χ4v) is 5.11. The number of fused-ring (bicyclic) bond motifs is 3. The van der Waals surface area contributed by atoms with E-state index in [1.807, 2.05) is 39.8 Å². The Bertz CT molecular complexity index is 1210. The van der Waals surface area contributed by atoms with E-state index in [0.717, 1.165) is 29.6 Å². The van der Waals surface area contributed by atoms with E-state index in [9.17, 15) is 4.79 Å². The van der Waals surface area contributed by atoms with Crippen molar-refractivity contribution in [1.82, 2.24) is 9.47 Å². The summed E-state index contributed by atoms with van der Waals surface area (Å²) in [7, 11) is 0. The Morgan fingerprint density at radius 2 is 1.47 bits per heavy atom. The maximum absolute atomic E-state index is 13.9. The van der Waals surface area contributed by atoms with Crippen LogP contribution >= 0.6 is 0 Å². The van der Waals surface area contributed by atoms with Crippen LogP contribution in [0.5, 0.6) is 0 Å². The third-order valence-electron chi connectivity index (χ3n) is 6.62. The van der Waals surface area contributed by atoms with E-state index < -0.39 is 0 Å². The van der Waals surface area contributed by atoms with Crippen LogP contribution in [0.4, 0.5) is 4.79 Å². The van der Waals surface area contributed by atoms with Crippen molar-refractivity contribution in [2.45, 2.75) is 51.6 Å². The van der Waals surface area contributed by atoms with Crippen LogP contribution in [-0.2, 0) is 13.0 Å². The van der Waals surface area contributed by atoms with Crippen LogP contribution in [0.15, 0.2) is 84.9 Å². The number of hydrogen-bond donors (Lipinski definition) is 0. The lowest BCUT2D eigenvalue weighted by atomic mass is 9.95. The van der Waals surface area contributed by atoms with E-state index in [0.29, 0.717) is 6.54 Å². The van der Waals surface area contributed by atoms with Gasteiger partial charge in [0.05, 0.1) is 11.2 Å².